The molecule has 1 aliphatic heterocycles. The van der Waals surface area contributed by atoms with Crippen molar-refractivity contribution in [2.75, 3.05) is 35.3 Å². The third-order valence-corrected chi connectivity index (χ3v) is 4.87. The molecule has 1 saturated heterocycles. The van der Waals surface area contributed by atoms with Crippen LogP contribution >= 0.6 is 0 Å². The molecular weight excluding hydrogens is 326 g/mol. The van der Waals surface area contributed by atoms with Crippen molar-refractivity contribution >= 4 is 28.9 Å². The lowest BCUT2D eigenvalue weighted by atomic mass is 10.1. The van der Waals surface area contributed by atoms with Crippen molar-refractivity contribution in [2.24, 2.45) is 5.92 Å². The second-order valence-electron chi connectivity index (χ2n) is 6.79. The number of nitrogens with one attached hydrogen (secondary N) is 1. The molecule has 1 unspecified atom stereocenters. The van der Waals surface area contributed by atoms with Crippen LogP contribution in [0.5, 0.6) is 0 Å². The highest BCUT2D eigenvalue weighted by Crippen LogP contribution is 2.27. The van der Waals surface area contributed by atoms with Gasteiger partial charge in [0.1, 0.15) is 0 Å². The number of anilines is 3. The number of hydrogen-bond acceptors (Lipinski definition) is 3. The molecule has 0 aromatic heterocycles. The first-order chi connectivity index (χ1) is 12.5. The van der Waals surface area contributed by atoms with E-state index in [1.54, 1.807) is 4.90 Å². The molecule has 0 saturated carbocycles. The van der Waals surface area contributed by atoms with E-state index in [1.165, 1.54) is 0 Å². The van der Waals surface area contributed by atoms with Crippen LogP contribution in [0.3, 0.4) is 0 Å². The van der Waals surface area contributed by atoms with E-state index in [0.29, 0.717) is 6.54 Å². The van der Waals surface area contributed by atoms with Crippen LogP contribution in [0, 0.1) is 12.8 Å². The molecule has 5 nitrogen and oxygen atoms in total. The Labute approximate surface area is 154 Å². The summed E-state index contributed by atoms with van der Waals surface area (Å²) in [6.07, 6.45) is 0.244. The lowest BCUT2D eigenvalue weighted by molar-refractivity contribution is -0.122. The largest absolute Gasteiger partial charge is 0.375 e. The summed E-state index contributed by atoms with van der Waals surface area (Å²) in [5.74, 6) is -0.450. The zero-order chi connectivity index (χ0) is 18.7. The van der Waals surface area contributed by atoms with Gasteiger partial charge in [-0.1, -0.05) is 23.8 Å². The Hall–Kier alpha value is -2.82. The third-order valence-electron chi connectivity index (χ3n) is 4.87. The molecule has 3 rings (SSSR count). The van der Waals surface area contributed by atoms with Crippen LogP contribution in [0.15, 0.2) is 48.5 Å². The maximum atomic E-state index is 12.6. The number of amides is 2. The molecule has 5 heteroatoms. The van der Waals surface area contributed by atoms with Crippen molar-refractivity contribution < 1.29 is 9.59 Å². The lowest BCUT2D eigenvalue weighted by Crippen LogP contribution is -2.28. The summed E-state index contributed by atoms with van der Waals surface area (Å²) >= 11 is 0. The minimum atomic E-state index is -0.337. The standard InChI is InChI=1S/C21H25N3O2/c1-4-23(3)19-7-5-6-17(13-19)22-21(26)16-12-20(25)24(14-16)18-10-8-15(2)9-11-18/h5-11,13,16H,4,12,14H2,1-3H3,(H,22,26). The SMILES string of the molecule is CCN(C)c1cccc(NC(=O)C2CC(=O)N(c3ccc(C)cc3)C2)c1. The lowest BCUT2D eigenvalue weighted by Gasteiger charge is -2.19. The predicted molar refractivity (Wildman–Crippen MR) is 106 cm³/mol. The Balaban J connectivity index is 1.67. The molecule has 0 radical (unpaired) electrons. The molecule has 1 N–H and O–H groups in total. The average Bonchev–Trinajstić information content (AvgIpc) is 3.04. The smallest absolute Gasteiger partial charge is 0.229 e. The molecule has 1 atom stereocenters. The van der Waals surface area contributed by atoms with Crippen molar-refractivity contribution in [1.29, 1.82) is 0 Å². The molecule has 1 heterocycles. The van der Waals surface area contributed by atoms with Crippen molar-refractivity contribution in [3.05, 3.63) is 54.1 Å². The van der Waals surface area contributed by atoms with Gasteiger partial charge in [-0.25, -0.2) is 0 Å². The van der Waals surface area contributed by atoms with Gasteiger partial charge in [-0.05, 0) is 44.2 Å². The molecule has 2 aromatic rings. The molecule has 2 amide bonds. The van der Waals surface area contributed by atoms with Crippen molar-refractivity contribution in [2.45, 2.75) is 20.3 Å². The van der Waals surface area contributed by atoms with Gasteiger partial charge in [0.2, 0.25) is 11.8 Å². The Morgan fingerprint density at radius 3 is 2.65 bits per heavy atom. The van der Waals surface area contributed by atoms with Crippen LogP contribution in [0.25, 0.3) is 0 Å². The molecular formula is C21H25N3O2. The quantitative estimate of drug-likeness (QED) is 0.898. The Bertz CT molecular complexity index is 801. The maximum absolute atomic E-state index is 12.6. The predicted octanol–water partition coefficient (Wildman–Crippen LogP) is 3.44. The number of aryl methyl sites for hydroxylation is 1. The van der Waals surface area contributed by atoms with Gasteiger partial charge in [0, 0.05) is 43.6 Å². The number of carbonyl (C=O) groups excluding carboxylic acids is 2. The van der Waals surface area contributed by atoms with Gasteiger partial charge in [0.25, 0.3) is 0 Å². The van der Waals surface area contributed by atoms with E-state index < -0.39 is 0 Å². The van der Waals surface area contributed by atoms with Crippen molar-refractivity contribution in [3.8, 4) is 0 Å². The van der Waals surface area contributed by atoms with Crippen LogP contribution < -0.4 is 15.1 Å². The molecule has 1 fully saturated rings. The molecule has 0 bridgehead atoms. The highest BCUT2D eigenvalue weighted by Gasteiger charge is 2.35. The summed E-state index contributed by atoms with van der Waals surface area (Å²) in [5.41, 5.74) is 3.80. The van der Waals surface area contributed by atoms with Crippen LogP contribution in [0.1, 0.15) is 18.9 Å². The first-order valence-corrected chi connectivity index (χ1v) is 8.97. The summed E-state index contributed by atoms with van der Waals surface area (Å²) in [6.45, 7) is 5.40. The van der Waals surface area contributed by atoms with Gasteiger partial charge in [-0.15, -0.1) is 0 Å². The van der Waals surface area contributed by atoms with E-state index in [2.05, 4.69) is 17.1 Å². The van der Waals surface area contributed by atoms with E-state index >= 15 is 0 Å². The number of benzene rings is 2. The van der Waals surface area contributed by atoms with E-state index in [9.17, 15) is 9.59 Å². The van der Waals surface area contributed by atoms with Gasteiger partial charge < -0.3 is 15.1 Å². The van der Waals surface area contributed by atoms with Crippen molar-refractivity contribution in [1.82, 2.24) is 0 Å². The monoisotopic (exact) mass is 351 g/mol. The Kier molecular flexibility index (Phi) is 5.26. The number of hydrogen-bond donors (Lipinski definition) is 1. The maximum Gasteiger partial charge on any atom is 0.229 e. The topological polar surface area (TPSA) is 52.7 Å². The molecule has 0 aliphatic carbocycles. The summed E-state index contributed by atoms with van der Waals surface area (Å²) in [5, 5.41) is 2.96. The highest BCUT2D eigenvalue weighted by atomic mass is 16.2. The van der Waals surface area contributed by atoms with Crippen LogP contribution in [0.4, 0.5) is 17.1 Å². The molecule has 136 valence electrons. The minimum absolute atomic E-state index is 0.00605. The van der Waals surface area contributed by atoms with Crippen LogP contribution in [0.2, 0.25) is 0 Å². The normalized spacial score (nSPS) is 16.7. The molecule has 26 heavy (non-hydrogen) atoms. The van der Waals surface area contributed by atoms with E-state index in [4.69, 9.17) is 0 Å². The molecule has 2 aromatic carbocycles. The fourth-order valence-electron chi connectivity index (χ4n) is 3.11. The number of carbonyl (C=O) groups is 2. The first-order valence-electron chi connectivity index (χ1n) is 8.97. The zero-order valence-electron chi connectivity index (χ0n) is 15.5. The molecule has 0 spiro atoms. The number of nitrogens with zero attached hydrogens (tertiary/aromatic N) is 2. The second kappa shape index (κ2) is 7.60. The van der Waals surface area contributed by atoms with Gasteiger partial charge in [-0.3, -0.25) is 9.59 Å². The van der Waals surface area contributed by atoms with Gasteiger partial charge in [0.05, 0.1) is 5.92 Å². The van der Waals surface area contributed by atoms with Crippen LogP contribution in [-0.2, 0) is 9.59 Å². The molecule has 1 aliphatic rings. The van der Waals surface area contributed by atoms with Crippen LogP contribution in [-0.4, -0.2) is 32.0 Å². The van der Waals surface area contributed by atoms with E-state index in [-0.39, 0.29) is 24.2 Å². The summed E-state index contributed by atoms with van der Waals surface area (Å²) in [7, 11) is 2.01. The fraction of sp³-hybridized carbons (Fsp3) is 0.333. The number of rotatable bonds is 5. The van der Waals surface area contributed by atoms with Crippen molar-refractivity contribution in [3.63, 3.8) is 0 Å². The zero-order valence-corrected chi connectivity index (χ0v) is 15.5. The Morgan fingerprint density at radius 1 is 1.23 bits per heavy atom. The second-order valence-corrected chi connectivity index (χ2v) is 6.79. The summed E-state index contributed by atoms with van der Waals surface area (Å²) in [6, 6.07) is 15.6. The van der Waals surface area contributed by atoms with E-state index in [0.717, 1.165) is 29.2 Å². The average molecular weight is 351 g/mol. The first kappa shape index (κ1) is 18.0. The summed E-state index contributed by atoms with van der Waals surface area (Å²) in [4.78, 5) is 28.8. The van der Waals surface area contributed by atoms with Gasteiger partial charge in [0.15, 0.2) is 0 Å². The fourth-order valence-corrected chi connectivity index (χ4v) is 3.11. The highest BCUT2D eigenvalue weighted by molar-refractivity contribution is 6.03. The Morgan fingerprint density at radius 2 is 1.96 bits per heavy atom. The van der Waals surface area contributed by atoms with Gasteiger partial charge >= 0.3 is 0 Å². The minimum Gasteiger partial charge on any atom is -0.375 e. The van der Waals surface area contributed by atoms with E-state index in [1.807, 2.05) is 62.5 Å². The third kappa shape index (κ3) is 3.87. The van der Waals surface area contributed by atoms with Gasteiger partial charge in [-0.2, -0.15) is 0 Å². The summed E-state index contributed by atoms with van der Waals surface area (Å²) < 4.78 is 0.